The fourth-order valence-electron chi connectivity index (χ4n) is 6.20. The molecular formula is C38H34N4O2. The van der Waals surface area contributed by atoms with Crippen LogP contribution in [0.5, 0.6) is 5.75 Å². The van der Waals surface area contributed by atoms with Crippen LogP contribution in [0.25, 0.3) is 10.9 Å². The maximum Gasteiger partial charge on any atom is 0.258 e. The third kappa shape index (κ3) is 5.48. The van der Waals surface area contributed by atoms with E-state index in [-0.39, 0.29) is 5.56 Å². The minimum absolute atomic E-state index is 0.0846. The summed E-state index contributed by atoms with van der Waals surface area (Å²) in [6, 6.07) is 47.3. The Labute approximate surface area is 257 Å². The van der Waals surface area contributed by atoms with Crippen molar-refractivity contribution in [1.29, 1.82) is 0 Å². The van der Waals surface area contributed by atoms with Crippen LogP contribution in [0.2, 0.25) is 0 Å². The topological polar surface area (TPSA) is 61.5 Å². The minimum atomic E-state index is -0.828. The lowest BCUT2D eigenvalue weighted by Gasteiger charge is -2.38. The lowest BCUT2D eigenvalue weighted by atomic mass is 9.80. The summed E-state index contributed by atoms with van der Waals surface area (Å²) >= 11 is 0. The van der Waals surface area contributed by atoms with Crippen LogP contribution in [-0.2, 0) is 12.1 Å². The number of ether oxygens (including phenoxy) is 1. The first-order chi connectivity index (χ1) is 21.7. The zero-order valence-corrected chi connectivity index (χ0v) is 24.5. The molecule has 0 aliphatic carbocycles. The van der Waals surface area contributed by atoms with E-state index in [2.05, 4.69) is 106 Å². The molecule has 1 fully saturated rings. The van der Waals surface area contributed by atoms with E-state index in [1.54, 1.807) is 0 Å². The zero-order valence-electron chi connectivity index (χ0n) is 24.5. The summed E-state index contributed by atoms with van der Waals surface area (Å²) in [6.45, 7) is 4.07. The smallest absolute Gasteiger partial charge is 0.258 e. The number of nitrogens with one attached hydrogen (secondary N) is 1. The second-order valence-corrected chi connectivity index (χ2v) is 11.2. The van der Waals surface area contributed by atoms with Crippen molar-refractivity contribution in [2.45, 2.75) is 12.1 Å². The van der Waals surface area contributed by atoms with Crippen LogP contribution in [0.3, 0.4) is 0 Å². The molecule has 0 amide bonds. The molecule has 0 atom stereocenters. The number of benzene rings is 5. The Balaban J connectivity index is 1.14. The second-order valence-electron chi connectivity index (χ2n) is 11.2. The molecule has 5 aromatic carbocycles. The molecule has 1 aliphatic rings. The molecular weight excluding hydrogens is 544 g/mol. The predicted octanol–water partition coefficient (Wildman–Crippen LogP) is 6.62. The highest BCUT2D eigenvalue weighted by Gasteiger charge is 2.39. The lowest BCUT2D eigenvalue weighted by molar-refractivity contribution is 0.155. The first-order valence-corrected chi connectivity index (χ1v) is 15.1. The quantitative estimate of drug-likeness (QED) is 0.206. The maximum atomic E-state index is 12.5. The van der Waals surface area contributed by atoms with Crippen molar-refractivity contribution >= 4 is 16.6 Å². The molecule has 44 heavy (non-hydrogen) atoms. The van der Waals surface area contributed by atoms with Crippen LogP contribution in [-0.4, -0.2) is 41.0 Å². The molecule has 1 aromatic heterocycles. The summed E-state index contributed by atoms with van der Waals surface area (Å²) < 4.78 is 7.16. The van der Waals surface area contributed by atoms with E-state index in [9.17, 15) is 4.79 Å². The molecule has 6 aromatic rings. The molecule has 1 N–H and O–H groups in total. The number of fused-ring (bicyclic) bond motifs is 1. The first kappa shape index (κ1) is 27.6. The van der Waals surface area contributed by atoms with Crippen LogP contribution < -0.4 is 15.2 Å². The van der Waals surface area contributed by atoms with E-state index < -0.39 is 5.60 Å². The van der Waals surface area contributed by atoms with Gasteiger partial charge in [-0.1, -0.05) is 109 Å². The molecule has 0 saturated carbocycles. The van der Waals surface area contributed by atoms with Gasteiger partial charge in [-0.05, 0) is 24.3 Å². The van der Waals surface area contributed by atoms with Gasteiger partial charge in [-0.25, -0.2) is 4.98 Å². The van der Waals surface area contributed by atoms with E-state index >= 15 is 0 Å². The van der Waals surface area contributed by atoms with Crippen molar-refractivity contribution in [3.05, 3.63) is 172 Å². The standard InChI is InChI=1S/C38H34N4O2/c43-37-34-21-10-11-22-35(34)39-36(40-37)28-41-23-25-42(26-24-41)32-19-12-20-33(27-32)44-38(29-13-4-1-5-14-29,30-15-6-2-7-16-30)31-17-8-3-9-18-31/h1-22,27H,23-26,28H2,(H,39,40,43). The molecule has 1 aliphatic heterocycles. The van der Waals surface area contributed by atoms with Crippen molar-refractivity contribution in [2.24, 2.45) is 0 Å². The van der Waals surface area contributed by atoms with Gasteiger partial charge in [0.05, 0.1) is 17.4 Å². The molecule has 0 radical (unpaired) electrons. The molecule has 6 heteroatoms. The number of hydrogen-bond donors (Lipinski definition) is 1. The van der Waals surface area contributed by atoms with E-state index in [1.165, 1.54) is 0 Å². The molecule has 218 valence electrons. The monoisotopic (exact) mass is 578 g/mol. The molecule has 6 nitrogen and oxygen atoms in total. The zero-order chi connectivity index (χ0) is 29.8. The fraction of sp³-hybridized carbons (Fsp3) is 0.158. The van der Waals surface area contributed by atoms with Gasteiger partial charge in [0.25, 0.3) is 5.56 Å². The normalized spacial score (nSPS) is 14.0. The maximum absolute atomic E-state index is 12.5. The third-order valence-corrected chi connectivity index (χ3v) is 8.40. The number of aromatic nitrogens is 2. The second kappa shape index (κ2) is 12.2. The van der Waals surface area contributed by atoms with Crippen molar-refractivity contribution in [2.75, 3.05) is 31.1 Å². The van der Waals surface area contributed by atoms with Gasteiger partial charge >= 0.3 is 0 Å². The average Bonchev–Trinajstić information content (AvgIpc) is 3.09. The van der Waals surface area contributed by atoms with E-state index in [0.717, 1.165) is 59.8 Å². The van der Waals surface area contributed by atoms with Gasteiger partial charge in [-0.3, -0.25) is 9.69 Å². The summed E-state index contributed by atoms with van der Waals surface area (Å²) in [5.41, 5.74) is 4.15. The molecule has 2 heterocycles. The van der Waals surface area contributed by atoms with Crippen LogP contribution >= 0.6 is 0 Å². The Hall–Kier alpha value is -5.20. The van der Waals surface area contributed by atoms with Gasteiger partial charge in [0.1, 0.15) is 11.6 Å². The van der Waals surface area contributed by atoms with Crippen LogP contribution in [0, 0.1) is 0 Å². The Morgan fingerprint density at radius 2 is 1.23 bits per heavy atom. The molecule has 0 unspecified atom stereocenters. The predicted molar refractivity (Wildman–Crippen MR) is 176 cm³/mol. The summed E-state index contributed by atoms with van der Waals surface area (Å²) in [4.78, 5) is 25.0. The van der Waals surface area contributed by atoms with Crippen LogP contribution in [0.15, 0.2) is 144 Å². The van der Waals surface area contributed by atoms with E-state index in [0.29, 0.717) is 17.8 Å². The number of para-hydroxylation sites is 1. The Bertz CT molecular complexity index is 1800. The van der Waals surface area contributed by atoms with Crippen LogP contribution in [0.4, 0.5) is 5.69 Å². The highest BCUT2D eigenvalue weighted by molar-refractivity contribution is 5.77. The van der Waals surface area contributed by atoms with Crippen molar-refractivity contribution in [3.63, 3.8) is 0 Å². The summed E-state index contributed by atoms with van der Waals surface area (Å²) in [7, 11) is 0. The number of anilines is 1. The van der Waals surface area contributed by atoms with E-state index in [4.69, 9.17) is 9.72 Å². The lowest BCUT2D eigenvalue weighted by Crippen LogP contribution is -2.46. The van der Waals surface area contributed by atoms with E-state index in [1.807, 2.05) is 48.5 Å². The average molecular weight is 579 g/mol. The number of H-pyrrole nitrogens is 1. The van der Waals surface area contributed by atoms with Crippen molar-refractivity contribution < 1.29 is 4.74 Å². The van der Waals surface area contributed by atoms with Gasteiger partial charge in [-0.15, -0.1) is 0 Å². The highest BCUT2D eigenvalue weighted by Crippen LogP contribution is 2.41. The molecule has 0 spiro atoms. The SMILES string of the molecule is O=c1[nH]c(CN2CCN(c3cccc(OC(c4ccccc4)(c4ccccc4)c4ccccc4)c3)CC2)nc2ccccc12. The summed E-state index contributed by atoms with van der Waals surface area (Å²) in [5.74, 6) is 1.51. The summed E-state index contributed by atoms with van der Waals surface area (Å²) in [6.07, 6.45) is 0. The molecule has 0 bridgehead atoms. The number of hydrogen-bond acceptors (Lipinski definition) is 5. The Kier molecular flexibility index (Phi) is 7.65. The Morgan fingerprint density at radius 1 is 0.659 bits per heavy atom. The van der Waals surface area contributed by atoms with Gasteiger partial charge < -0.3 is 14.6 Å². The van der Waals surface area contributed by atoms with Gasteiger partial charge in [0.2, 0.25) is 0 Å². The van der Waals surface area contributed by atoms with Gasteiger partial charge in [-0.2, -0.15) is 0 Å². The fourth-order valence-corrected chi connectivity index (χ4v) is 6.20. The highest BCUT2D eigenvalue weighted by atomic mass is 16.5. The van der Waals surface area contributed by atoms with Crippen molar-refractivity contribution in [3.8, 4) is 5.75 Å². The molecule has 7 rings (SSSR count). The number of aromatic amines is 1. The Morgan fingerprint density at radius 3 is 1.84 bits per heavy atom. The number of piperazine rings is 1. The van der Waals surface area contributed by atoms with Crippen LogP contribution in [0.1, 0.15) is 22.5 Å². The van der Waals surface area contributed by atoms with Crippen molar-refractivity contribution in [1.82, 2.24) is 14.9 Å². The largest absolute Gasteiger partial charge is 0.473 e. The number of nitrogens with zero attached hydrogens (tertiary/aromatic N) is 3. The number of rotatable bonds is 8. The molecule has 1 saturated heterocycles. The minimum Gasteiger partial charge on any atom is -0.473 e. The first-order valence-electron chi connectivity index (χ1n) is 15.1. The summed E-state index contributed by atoms with van der Waals surface area (Å²) in [5, 5.41) is 0.624. The van der Waals surface area contributed by atoms with Gasteiger partial charge in [0.15, 0.2) is 5.60 Å². The third-order valence-electron chi connectivity index (χ3n) is 8.40. The van der Waals surface area contributed by atoms with Gasteiger partial charge in [0, 0.05) is 54.6 Å².